The highest BCUT2D eigenvalue weighted by Gasteiger charge is 1.96. The standard InChI is InChI=1S/C29H59NO/c1-2-3-4-5-6-7-8-9-10-11-12-13-14-15-16-17-18-19-20-21-22-23-24-25-26-27-28-29-30-31/h2-29H2,1H3. The highest BCUT2D eigenvalue weighted by molar-refractivity contribution is 4.52. The second kappa shape index (κ2) is 29.6. The molecule has 0 saturated carbocycles. The van der Waals surface area contributed by atoms with Crippen LogP contribution in [0, 0.1) is 4.91 Å². The Morgan fingerprint density at radius 1 is 0.323 bits per heavy atom. The fraction of sp³-hybridized carbons (Fsp3) is 1.00. The van der Waals surface area contributed by atoms with Gasteiger partial charge in [0.05, 0.1) is 6.54 Å². The van der Waals surface area contributed by atoms with E-state index in [2.05, 4.69) is 12.1 Å². The summed E-state index contributed by atoms with van der Waals surface area (Å²) < 4.78 is 0. The summed E-state index contributed by atoms with van der Waals surface area (Å²) in [5, 5.41) is 2.92. The highest BCUT2D eigenvalue weighted by Crippen LogP contribution is 2.16. The third kappa shape index (κ3) is 29.6. The molecule has 0 atom stereocenters. The van der Waals surface area contributed by atoms with Gasteiger partial charge in [0.1, 0.15) is 0 Å². The van der Waals surface area contributed by atoms with Gasteiger partial charge in [-0.3, -0.25) is 0 Å². The molecule has 0 N–H and O–H groups in total. The van der Waals surface area contributed by atoms with Crippen LogP contribution < -0.4 is 0 Å². The summed E-state index contributed by atoms with van der Waals surface area (Å²) in [6.45, 7) is 2.81. The molecule has 0 spiro atoms. The molecule has 0 aliphatic carbocycles. The number of hydrogen-bond donors (Lipinski definition) is 0. The molecule has 0 heterocycles. The molecule has 0 radical (unpaired) electrons. The lowest BCUT2D eigenvalue weighted by Crippen LogP contribution is -1.85. The fourth-order valence-electron chi connectivity index (χ4n) is 4.67. The van der Waals surface area contributed by atoms with Crippen LogP contribution in [0.3, 0.4) is 0 Å². The Hall–Kier alpha value is -0.400. The smallest absolute Gasteiger partial charge is 0.0811 e. The Balaban J connectivity index is 2.98. The van der Waals surface area contributed by atoms with Gasteiger partial charge in [-0.15, -0.1) is 0 Å². The average Bonchev–Trinajstić information content (AvgIpc) is 2.78. The van der Waals surface area contributed by atoms with Gasteiger partial charge in [-0.1, -0.05) is 179 Å². The zero-order valence-corrected chi connectivity index (χ0v) is 21.7. The molecule has 186 valence electrons. The van der Waals surface area contributed by atoms with Gasteiger partial charge in [0.25, 0.3) is 0 Å². The van der Waals surface area contributed by atoms with Crippen molar-refractivity contribution in [1.29, 1.82) is 0 Å². The van der Waals surface area contributed by atoms with Crippen LogP contribution in [0.15, 0.2) is 5.18 Å². The minimum atomic E-state index is 0.513. The van der Waals surface area contributed by atoms with Gasteiger partial charge in [0, 0.05) is 0 Å². The lowest BCUT2D eigenvalue weighted by molar-refractivity contribution is 0.515. The molecule has 0 rings (SSSR count). The summed E-state index contributed by atoms with van der Waals surface area (Å²) >= 11 is 0. The number of rotatable bonds is 28. The highest BCUT2D eigenvalue weighted by atomic mass is 16.3. The second-order valence-electron chi connectivity index (χ2n) is 10.0. The molecule has 0 aromatic carbocycles. The molecule has 0 amide bonds. The second-order valence-corrected chi connectivity index (χ2v) is 10.0. The molecule has 2 heteroatoms. The van der Waals surface area contributed by atoms with Crippen LogP contribution in [0.4, 0.5) is 0 Å². The Kier molecular flexibility index (Phi) is 29.2. The molecule has 2 nitrogen and oxygen atoms in total. The van der Waals surface area contributed by atoms with Crippen molar-refractivity contribution in [2.75, 3.05) is 6.54 Å². The predicted molar refractivity (Wildman–Crippen MR) is 141 cm³/mol. The van der Waals surface area contributed by atoms with E-state index in [-0.39, 0.29) is 0 Å². The maximum atomic E-state index is 10.00. The maximum Gasteiger partial charge on any atom is 0.0811 e. The van der Waals surface area contributed by atoms with Crippen LogP contribution in [0.2, 0.25) is 0 Å². The van der Waals surface area contributed by atoms with Gasteiger partial charge in [-0.25, -0.2) is 0 Å². The quantitative estimate of drug-likeness (QED) is 0.0883. The summed E-state index contributed by atoms with van der Waals surface area (Å²) in [6.07, 6.45) is 38.3. The van der Waals surface area contributed by atoms with Crippen molar-refractivity contribution in [3.63, 3.8) is 0 Å². The SMILES string of the molecule is CCCCCCCCCCCCCCCCCCCCCCCCCCCCCN=O. The van der Waals surface area contributed by atoms with Crippen molar-refractivity contribution in [2.45, 2.75) is 180 Å². The number of nitroso groups, excluding NO2 is 1. The summed E-state index contributed by atoms with van der Waals surface area (Å²) in [7, 11) is 0. The van der Waals surface area contributed by atoms with Gasteiger partial charge in [0.2, 0.25) is 0 Å². The van der Waals surface area contributed by atoms with Gasteiger partial charge in [-0.2, -0.15) is 4.91 Å². The zero-order valence-electron chi connectivity index (χ0n) is 21.7. The van der Waals surface area contributed by atoms with E-state index in [0.29, 0.717) is 6.54 Å². The van der Waals surface area contributed by atoms with Crippen LogP contribution in [0.5, 0.6) is 0 Å². The molecule has 0 unspecified atom stereocenters. The Morgan fingerprint density at radius 2 is 0.516 bits per heavy atom. The van der Waals surface area contributed by atoms with Crippen molar-refractivity contribution in [2.24, 2.45) is 5.18 Å². The molecule has 0 saturated heterocycles. The third-order valence-electron chi connectivity index (χ3n) is 6.85. The van der Waals surface area contributed by atoms with Crippen molar-refractivity contribution in [1.82, 2.24) is 0 Å². The Bertz CT molecular complexity index is 318. The Labute approximate surface area is 197 Å². The van der Waals surface area contributed by atoms with Crippen LogP contribution in [0.25, 0.3) is 0 Å². The molecular formula is C29H59NO. The van der Waals surface area contributed by atoms with Crippen LogP contribution >= 0.6 is 0 Å². The molecule has 0 fully saturated rings. The maximum absolute atomic E-state index is 10.00. The monoisotopic (exact) mass is 437 g/mol. The van der Waals surface area contributed by atoms with Crippen molar-refractivity contribution in [3.8, 4) is 0 Å². The molecule has 0 aliphatic heterocycles. The Morgan fingerprint density at radius 3 is 0.710 bits per heavy atom. The number of hydrogen-bond acceptors (Lipinski definition) is 2. The first-order valence-corrected chi connectivity index (χ1v) is 14.7. The number of unbranched alkanes of at least 4 members (excludes halogenated alkanes) is 26. The van der Waals surface area contributed by atoms with Crippen LogP contribution in [-0.4, -0.2) is 6.54 Å². The fourth-order valence-corrected chi connectivity index (χ4v) is 4.67. The van der Waals surface area contributed by atoms with E-state index in [1.165, 1.54) is 167 Å². The van der Waals surface area contributed by atoms with E-state index in [1.807, 2.05) is 0 Å². The minimum absolute atomic E-state index is 0.513. The lowest BCUT2D eigenvalue weighted by Gasteiger charge is -2.04. The van der Waals surface area contributed by atoms with Gasteiger partial charge >= 0.3 is 0 Å². The predicted octanol–water partition coefficient (Wildman–Crippen LogP) is 11.3. The first-order valence-electron chi connectivity index (χ1n) is 14.7. The van der Waals surface area contributed by atoms with Crippen molar-refractivity contribution < 1.29 is 0 Å². The van der Waals surface area contributed by atoms with E-state index in [1.54, 1.807) is 0 Å². The molecule has 0 bridgehead atoms. The van der Waals surface area contributed by atoms with E-state index in [0.717, 1.165) is 6.42 Å². The summed E-state index contributed by atoms with van der Waals surface area (Å²) in [4.78, 5) is 10.00. The van der Waals surface area contributed by atoms with Crippen molar-refractivity contribution >= 4 is 0 Å². The van der Waals surface area contributed by atoms with Gasteiger partial charge < -0.3 is 0 Å². The summed E-state index contributed by atoms with van der Waals surface area (Å²) in [5.41, 5.74) is 0. The molecule has 31 heavy (non-hydrogen) atoms. The summed E-state index contributed by atoms with van der Waals surface area (Å²) in [6, 6.07) is 0. The minimum Gasteiger partial charge on any atom is -0.151 e. The molecular weight excluding hydrogens is 378 g/mol. The van der Waals surface area contributed by atoms with Crippen LogP contribution in [0.1, 0.15) is 180 Å². The largest absolute Gasteiger partial charge is 0.151 e. The van der Waals surface area contributed by atoms with Gasteiger partial charge in [-0.05, 0) is 6.42 Å². The van der Waals surface area contributed by atoms with E-state index >= 15 is 0 Å². The van der Waals surface area contributed by atoms with Gasteiger partial charge in [0.15, 0.2) is 0 Å². The third-order valence-corrected chi connectivity index (χ3v) is 6.85. The van der Waals surface area contributed by atoms with E-state index < -0.39 is 0 Å². The topological polar surface area (TPSA) is 29.4 Å². The molecule has 0 aromatic rings. The number of nitrogens with zero attached hydrogens (tertiary/aromatic N) is 1. The van der Waals surface area contributed by atoms with E-state index in [9.17, 15) is 4.91 Å². The summed E-state index contributed by atoms with van der Waals surface area (Å²) in [5.74, 6) is 0. The van der Waals surface area contributed by atoms with E-state index in [4.69, 9.17) is 0 Å². The first kappa shape index (κ1) is 30.6. The van der Waals surface area contributed by atoms with Crippen molar-refractivity contribution in [3.05, 3.63) is 4.91 Å². The lowest BCUT2D eigenvalue weighted by atomic mass is 10.0. The first-order chi connectivity index (χ1) is 15.4. The molecule has 0 aromatic heterocycles. The normalized spacial score (nSPS) is 11.3. The van der Waals surface area contributed by atoms with Crippen LogP contribution in [-0.2, 0) is 0 Å². The average molecular weight is 438 g/mol. The zero-order chi connectivity index (χ0) is 22.5. The molecule has 0 aliphatic rings.